The van der Waals surface area contributed by atoms with Gasteiger partial charge in [-0.2, -0.15) is 5.26 Å². The summed E-state index contributed by atoms with van der Waals surface area (Å²) < 4.78 is 15.3. The maximum atomic E-state index is 10.7. The van der Waals surface area contributed by atoms with Gasteiger partial charge in [0.15, 0.2) is 0 Å². The highest BCUT2D eigenvalue weighted by molar-refractivity contribution is 5.81. The Morgan fingerprint density at radius 3 is 2.71 bits per heavy atom. The van der Waals surface area contributed by atoms with E-state index in [-0.39, 0.29) is 18.6 Å². The normalized spacial score (nSPS) is 13.5. The Labute approximate surface area is 102 Å². The molecule has 0 heterocycles. The first-order valence-electron chi connectivity index (χ1n) is 5.48. The largest absolute Gasteiger partial charge is 0.460 e. The van der Waals surface area contributed by atoms with Crippen LogP contribution in [0.3, 0.4) is 0 Å². The molecule has 2 unspecified atom stereocenters. The predicted molar refractivity (Wildman–Crippen MR) is 62.2 cm³/mol. The molecule has 0 aromatic heterocycles. The van der Waals surface area contributed by atoms with E-state index in [1.807, 2.05) is 6.92 Å². The van der Waals surface area contributed by atoms with Crippen molar-refractivity contribution in [1.29, 1.82) is 5.26 Å². The second-order valence-corrected chi connectivity index (χ2v) is 3.62. The van der Waals surface area contributed by atoms with Crippen molar-refractivity contribution in [2.75, 3.05) is 26.4 Å². The molecule has 0 amide bonds. The Bertz CT molecular complexity index is 272. The van der Waals surface area contributed by atoms with Gasteiger partial charge < -0.3 is 14.2 Å². The molecule has 0 aromatic rings. The number of rotatable bonds is 9. The lowest BCUT2D eigenvalue weighted by molar-refractivity contribution is -0.139. The van der Waals surface area contributed by atoms with Gasteiger partial charge in [0, 0.05) is 6.08 Å². The summed E-state index contributed by atoms with van der Waals surface area (Å²) in [5.74, 6) is -0.577. The molecule has 2 atom stereocenters. The van der Waals surface area contributed by atoms with E-state index in [0.29, 0.717) is 19.8 Å². The molecular formula is C12H19NO4. The van der Waals surface area contributed by atoms with Crippen molar-refractivity contribution in [3.8, 4) is 6.07 Å². The van der Waals surface area contributed by atoms with Gasteiger partial charge >= 0.3 is 5.97 Å². The fourth-order valence-electron chi connectivity index (χ4n) is 0.903. The Hall–Kier alpha value is -1.38. The van der Waals surface area contributed by atoms with Crippen LogP contribution in [0.15, 0.2) is 12.7 Å². The van der Waals surface area contributed by atoms with E-state index in [9.17, 15) is 4.79 Å². The second-order valence-electron chi connectivity index (χ2n) is 3.62. The summed E-state index contributed by atoms with van der Waals surface area (Å²) in [6, 6.07) is 2.08. The monoisotopic (exact) mass is 241 g/mol. The zero-order valence-electron chi connectivity index (χ0n) is 10.3. The molecule has 0 aromatic carbocycles. The van der Waals surface area contributed by atoms with Gasteiger partial charge in [-0.1, -0.05) is 6.58 Å². The van der Waals surface area contributed by atoms with Crippen molar-refractivity contribution in [1.82, 2.24) is 0 Å². The first kappa shape index (κ1) is 15.6. The van der Waals surface area contributed by atoms with E-state index < -0.39 is 5.97 Å². The molecule has 5 heteroatoms. The van der Waals surface area contributed by atoms with Crippen LogP contribution in [-0.2, 0) is 19.0 Å². The van der Waals surface area contributed by atoms with Crippen molar-refractivity contribution in [2.45, 2.75) is 20.0 Å². The van der Waals surface area contributed by atoms with Gasteiger partial charge in [-0.15, -0.1) is 0 Å². The third kappa shape index (κ3) is 9.54. The third-order valence-corrected chi connectivity index (χ3v) is 1.84. The van der Waals surface area contributed by atoms with Crippen LogP contribution in [-0.4, -0.2) is 38.5 Å². The second kappa shape index (κ2) is 9.82. The van der Waals surface area contributed by atoms with Crippen LogP contribution in [0.25, 0.3) is 0 Å². The molecule has 0 N–H and O–H groups in total. The fraction of sp³-hybridized carbons (Fsp3) is 0.667. The van der Waals surface area contributed by atoms with Gasteiger partial charge in [0.25, 0.3) is 0 Å². The molecule has 0 aliphatic carbocycles. The number of hydrogen-bond donors (Lipinski definition) is 0. The molecule has 5 nitrogen and oxygen atoms in total. The molecule has 0 fully saturated rings. The van der Waals surface area contributed by atoms with Crippen molar-refractivity contribution >= 4 is 5.97 Å². The van der Waals surface area contributed by atoms with Gasteiger partial charge in [-0.3, -0.25) is 0 Å². The predicted octanol–water partition coefficient (Wildman–Crippen LogP) is 1.30. The molecule has 0 aliphatic heterocycles. The lowest BCUT2D eigenvalue weighted by Gasteiger charge is -2.14. The van der Waals surface area contributed by atoms with E-state index in [2.05, 4.69) is 12.6 Å². The highest BCUT2D eigenvalue weighted by atomic mass is 16.6. The number of nitriles is 1. The summed E-state index contributed by atoms with van der Waals surface area (Å²) in [6.07, 6.45) is 1.02. The minimum Gasteiger partial charge on any atom is -0.460 e. The molecule has 17 heavy (non-hydrogen) atoms. The van der Waals surface area contributed by atoms with E-state index in [1.165, 1.54) is 0 Å². The molecule has 0 radical (unpaired) electrons. The summed E-state index contributed by atoms with van der Waals surface area (Å²) in [5.41, 5.74) is 0. The number of hydrogen-bond acceptors (Lipinski definition) is 5. The number of esters is 1. The van der Waals surface area contributed by atoms with Crippen molar-refractivity contribution < 1.29 is 19.0 Å². The smallest absolute Gasteiger partial charge is 0.330 e. The van der Waals surface area contributed by atoms with Gasteiger partial charge in [-0.05, 0) is 13.8 Å². The van der Waals surface area contributed by atoms with Crippen LogP contribution < -0.4 is 0 Å². The number of carbonyl (C=O) groups excluding carboxylic acids is 1. The fourth-order valence-corrected chi connectivity index (χ4v) is 0.903. The Balaban J connectivity index is 3.39. The molecule has 96 valence electrons. The van der Waals surface area contributed by atoms with E-state index >= 15 is 0 Å². The number of ether oxygens (including phenoxy) is 3. The van der Waals surface area contributed by atoms with Gasteiger partial charge in [0.1, 0.15) is 6.61 Å². The first-order chi connectivity index (χ1) is 8.10. The Morgan fingerprint density at radius 1 is 1.41 bits per heavy atom. The molecule has 0 bridgehead atoms. The maximum Gasteiger partial charge on any atom is 0.330 e. The van der Waals surface area contributed by atoms with Crippen LogP contribution in [0.1, 0.15) is 13.8 Å². The minimum atomic E-state index is -0.458. The first-order valence-corrected chi connectivity index (χ1v) is 5.48. The van der Waals surface area contributed by atoms with Gasteiger partial charge in [-0.25, -0.2) is 4.79 Å². The average Bonchev–Trinajstić information content (AvgIpc) is 2.34. The van der Waals surface area contributed by atoms with Crippen molar-refractivity contribution in [2.24, 2.45) is 5.92 Å². The zero-order chi connectivity index (χ0) is 13.1. The van der Waals surface area contributed by atoms with E-state index in [4.69, 9.17) is 19.5 Å². The quantitative estimate of drug-likeness (QED) is 0.346. The van der Waals surface area contributed by atoms with Gasteiger partial charge in [0.05, 0.1) is 37.9 Å². The van der Waals surface area contributed by atoms with Crippen LogP contribution in [0.5, 0.6) is 0 Å². The van der Waals surface area contributed by atoms with Crippen molar-refractivity contribution in [3.05, 3.63) is 12.7 Å². The van der Waals surface area contributed by atoms with Crippen molar-refractivity contribution in [3.63, 3.8) is 0 Å². The molecule has 0 rings (SSSR count). The van der Waals surface area contributed by atoms with E-state index in [0.717, 1.165) is 6.08 Å². The molecule has 0 saturated carbocycles. The average molecular weight is 241 g/mol. The van der Waals surface area contributed by atoms with E-state index in [1.54, 1.807) is 6.92 Å². The summed E-state index contributed by atoms with van der Waals surface area (Å²) >= 11 is 0. The van der Waals surface area contributed by atoms with Crippen LogP contribution in [0.2, 0.25) is 0 Å². The van der Waals surface area contributed by atoms with Crippen LogP contribution in [0.4, 0.5) is 0 Å². The Kier molecular flexibility index (Phi) is 9.02. The summed E-state index contributed by atoms with van der Waals surface area (Å²) in [5, 5.41) is 8.55. The van der Waals surface area contributed by atoms with Crippen LogP contribution >= 0.6 is 0 Å². The van der Waals surface area contributed by atoms with Gasteiger partial charge in [0.2, 0.25) is 0 Å². The lowest BCUT2D eigenvalue weighted by Crippen LogP contribution is -2.20. The SMILES string of the molecule is C=CC(=O)OCCOCC(C)OCC(C)C#N. The zero-order valence-corrected chi connectivity index (χ0v) is 10.3. The molecule has 0 spiro atoms. The standard InChI is InChI=1S/C12H19NO4/c1-4-12(14)16-6-5-15-9-11(3)17-8-10(2)7-13/h4,10-11H,1,5-6,8-9H2,2-3H3. The summed E-state index contributed by atoms with van der Waals surface area (Å²) in [4.78, 5) is 10.7. The topological polar surface area (TPSA) is 68.6 Å². The number of carbonyl (C=O) groups is 1. The molecule has 0 aliphatic rings. The molecular weight excluding hydrogens is 222 g/mol. The van der Waals surface area contributed by atoms with Crippen LogP contribution in [0, 0.1) is 17.2 Å². The number of nitrogens with zero attached hydrogens (tertiary/aromatic N) is 1. The highest BCUT2D eigenvalue weighted by Crippen LogP contribution is 1.98. The lowest BCUT2D eigenvalue weighted by atomic mass is 10.2. The minimum absolute atomic E-state index is 0.0825. The maximum absolute atomic E-state index is 10.7. The highest BCUT2D eigenvalue weighted by Gasteiger charge is 2.06. The summed E-state index contributed by atoms with van der Waals surface area (Å²) in [6.45, 7) is 8.25. The molecule has 0 saturated heterocycles. The third-order valence-electron chi connectivity index (χ3n) is 1.84. The summed E-state index contributed by atoms with van der Waals surface area (Å²) in [7, 11) is 0. The Morgan fingerprint density at radius 2 is 2.12 bits per heavy atom.